The van der Waals surface area contributed by atoms with Gasteiger partial charge >= 0.3 is 0 Å². The molecular weight excluding hydrogens is 435 g/mol. The number of fused-ring (bicyclic) bond motifs is 1. The maximum atomic E-state index is 14.3. The molecule has 3 rings (SSSR count). The van der Waals surface area contributed by atoms with Crippen molar-refractivity contribution in [2.45, 2.75) is 25.2 Å². The highest BCUT2D eigenvalue weighted by Crippen LogP contribution is 2.38. The van der Waals surface area contributed by atoms with E-state index in [0.717, 1.165) is 16.4 Å². The quantitative estimate of drug-likeness (QED) is 0.712. The van der Waals surface area contributed by atoms with Gasteiger partial charge in [0.25, 0.3) is 5.91 Å². The lowest BCUT2D eigenvalue weighted by atomic mass is 10.2. The number of rotatable bonds is 6. The first-order chi connectivity index (χ1) is 14.3. The van der Waals surface area contributed by atoms with Gasteiger partial charge in [-0.15, -0.1) is 0 Å². The Balaban J connectivity index is 1.91. The average Bonchev–Trinajstić information content (AvgIpc) is 2.94. The van der Waals surface area contributed by atoms with Crippen LogP contribution in [-0.2, 0) is 10.0 Å². The second-order valence-corrected chi connectivity index (χ2v) is 8.83. The molecule has 0 unspecified atom stereocenters. The van der Waals surface area contributed by atoms with Crippen LogP contribution >= 0.6 is 11.6 Å². The topological polar surface area (TPSA) is 84.9 Å². The maximum Gasteiger partial charge on any atom is 0.255 e. The van der Waals surface area contributed by atoms with E-state index in [2.05, 4.69) is 5.32 Å². The van der Waals surface area contributed by atoms with Gasteiger partial charge in [0.1, 0.15) is 10.7 Å². The fraction of sp³-hybridized carbons (Fsp3) is 0.350. The molecule has 0 saturated heterocycles. The van der Waals surface area contributed by atoms with E-state index in [0.29, 0.717) is 31.1 Å². The van der Waals surface area contributed by atoms with Gasteiger partial charge in [0.05, 0.1) is 23.9 Å². The molecule has 0 spiro atoms. The summed E-state index contributed by atoms with van der Waals surface area (Å²) in [5, 5.41) is 2.84. The number of amides is 1. The van der Waals surface area contributed by atoms with E-state index in [1.54, 1.807) is 19.9 Å². The number of hydrogen-bond acceptors (Lipinski definition) is 5. The summed E-state index contributed by atoms with van der Waals surface area (Å²) in [6.07, 6.45) is 0.716. The van der Waals surface area contributed by atoms with Crippen LogP contribution in [0.4, 0.5) is 10.1 Å². The molecule has 162 valence electrons. The molecule has 30 heavy (non-hydrogen) atoms. The molecule has 0 aliphatic carbocycles. The van der Waals surface area contributed by atoms with Crippen molar-refractivity contribution in [1.82, 2.24) is 4.31 Å². The van der Waals surface area contributed by atoms with E-state index in [1.807, 2.05) is 0 Å². The third-order valence-electron chi connectivity index (χ3n) is 4.60. The van der Waals surface area contributed by atoms with Crippen LogP contribution in [0.1, 0.15) is 30.6 Å². The Hall–Kier alpha value is -2.36. The monoisotopic (exact) mass is 456 g/mol. The second-order valence-electron chi connectivity index (χ2n) is 6.52. The zero-order valence-corrected chi connectivity index (χ0v) is 18.1. The number of anilines is 1. The zero-order valence-electron chi connectivity index (χ0n) is 16.6. The van der Waals surface area contributed by atoms with Crippen molar-refractivity contribution in [3.8, 4) is 11.5 Å². The maximum absolute atomic E-state index is 14.3. The van der Waals surface area contributed by atoms with E-state index in [1.165, 1.54) is 12.1 Å². The van der Waals surface area contributed by atoms with Crippen LogP contribution in [0.15, 0.2) is 35.2 Å². The summed E-state index contributed by atoms with van der Waals surface area (Å²) in [5.41, 5.74) is 0.244. The number of halogens is 2. The molecule has 0 radical (unpaired) electrons. The standard InChI is InChI=1S/C20H22ClFN2O5S/c1-3-24(4-2)30(26,27)19-10-13(6-7-15(19)22)20(25)23-16-12-18-17(11-14(16)21)28-8-5-9-29-18/h6-7,10-12H,3-5,8-9H2,1-2H3,(H,23,25). The normalized spacial score (nSPS) is 13.8. The molecule has 7 nitrogen and oxygen atoms in total. The van der Waals surface area contributed by atoms with Gasteiger partial charge < -0.3 is 14.8 Å². The lowest BCUT2D eigenvalue weighted by Crippen LogP contribution is -2.31. The van der Waals surface area contributed by atoms with Crippen LogP contribution in [-0.4, -0.2) is 44.9 Å². The summed E-state index contributed by atoms with van der Waals surface area (Å²) in [6, 6.07) is 6.27. The van der Waals surface area contributed by atoms with Gasteiger partial charge in [-0.3, -0.25) is 4.79 Å². The molecule has 0 aromatic heterocycles. The molecule has 1 N–H and O–H groups in total. The molecular formula is C20H22ClFN2O5S. The first-order valence-corrected chi connectivity index (χ1v) is 11.3. The first kappa shape index (κ1) is 22.3. The molecule has 2 aromatic rings. The molecule has 0 bridgehead atoms. The molecule has 1 heterocycles. The highest BCUT2D eigenvalue weighted by Gasteiger charge is 2.26. The number of nitrogens with zero attached hydrogens (tertiary/aromatic N) is 1. The molecule has 10 heteroatoms. The smallest absolute Gasteiger partial charge is 0.255 e. The Kier molecular flexibility index (Phi) is 6.84. The Bertz CT molecular complexity index is 1060. The Morgan fingerprint density at radius 3 is 2.40 bits per heavy atom. The predicted octanol–water partition coefficient (Wildman–Crippen LogP) is 3.92. The van der Waals surface area contributed by atoms with Gasteiger partial charge in [0, 0.05) is 37.2 Å². The Labute approximate surface area is 179 Å². The lowest BCUT2D eigenvalue weighted by Gasteiger charge is -2.19. The predicted molar refractivity (Wildman–Crippen MR) is 112 cm³/mol. The largest absolute Gasteiger partial charge is 0.490 e. The minimum absolute atomic E-state index is 0.0229. The molecule has 0 saturated carbocycles. The molecule has 2 aromatic carbocycles. The molecule has 1 aliphatic heterocycles. The summed E-state index contributed by atoms with van der Waals surface area (Å²) >= 11 is 6.24. The third kappa shape index (κ3) is 4.53. The van der Waals surface area contributed by atoms with Crippen molar-refractivity contribution in [3.05, 3.63) is 46.7 Å². The van der Waals surface area contributed by atoms with Gasteiger partial charge in [-0.1, -0.05) is 25.4 Å². The van der Waals surface area contributed by atoms with Crippen molar-refractivity contribution < 1.29 is 27.1 Å². The van der Waals surface area contributed by atoms with Crippen LogP contribution in [0.5, 0.6) is 11.5 Å². The number of hydrogen-bond donors (Lipinski definition) is 1. The van der Waals surface area contributed by atoms with Crippen molar-refractivity contribution in [3.63, 3.8) is 0 Å². The number of nitrogens with one attached hydrogen (secondary N) is 1. The number of carbonyl (C=O) groups excluding carboxylic acids is 1. The van der Waals surface area contributed by atoms with E-state index in [-0.39, 0.29) is 29.4 Å². The fourth-order valence-corrected chi connectivity index (χ4v) is 4.77. The summed E-state index contributed by atoms with van der Waals surface area (Å²) in [4.78, 5) is 12.2. The number of carbonyl (C=O) groups is 1. The van der Waals surface area contributed by atoms with Crippen LogP contribution in [0.2, 0.25) is 5.02 Å². The van der Waals surface area contributed by atoms with E-state index >= 15 is 0 Å². The summed E-state index contributed by atoms with van der Waals surface area (Å²) in [6.45, 7) is 4.63. The van der Waals surface area contributed by atoms with Gasteiger partial charge in [0.2, 0.25) is 10.0 Å². The number of benzene rings is 2. The van der Waals surface area contributed by atoms with E-state index < -0.39 is 26.6 Å². The van der Waals surface area contributed by atoms with Crippen LogP contribution in [0.3, 0.4) is 0 Å². The zero-order chi connectivity index (χ0) is 21.9. The van der Waals surface area contributed by atoms with Gasteiger partial charge in [0.15, 0.2) is 11.5 Å². The lowest BCUT2D eigenvalue weighted by molar-refractivity contribution is 0.102. The summed E-state index contributed by atoms with van der Waals surface area (Å²) in [7, 11) is -4.07. The molecule has 1 aliphatic rings. The van der Waals surface area contributed by atoms with Crippen molar-refractivity contribution >= 4 is 33.2 Å². The highest BCUT2D eigenvalue weighted by atomic mass is 35.5. The van der Waals surface area contributed by atoms with Crippen LogP contribution in [0.25, 0.3) is 0 Å². The average molecular weight is 457 g/mol. The van der Waals surface area contributed by atoms with Crippen molar-refractivity contribution in [1.29, 1.82) is 0 Å². The van der Waals surface area contributed by atoms with Crippen LogP contribution < -0.4 is 14.8 Å². The van der Waals surface area contributed by atoms with Crippen LogP contribution in [0, 0.1) is 5.82 Å². The summed E-state index contributed by atoms with van der Waals surface area (Å²) < 4.78 is 51.9. The van der Waals surface area contributed by atoms with Gasteiger partial charge in [-0.05, 0) is 18.2 Å². The Morgan fingerprint density at radius 2 is 1.77 bits per heavy atom. The minimum Gasteiger partial charge on any atom is -0.490 e. The van der Waals surface area contributed by atoms with E-state index in [4.69, 9.17) is 21.1 Å². The first-order valence-electron chi connectivity index (χ1n) is 9.48. The number of ether oxygens (including phenoxy) is 2. The molecule has 0 atom stereocenters. The molecule has 0 fully saturated rings. The van der Waals surface area contributed by atoms with Gasteiger partial charge in [-0.25, -0.2) is 12.8 Å². The number of sulfonamides is 1. The van der Waals surface area contributed by atoms with E-state index in [9.17, 15) is 17.6 Å². The van der Waals surface area contributed by atoms with Crippen molar-refractivity contribution in [2.75, 3.05) is 31.6 Å². The van der Waals surface area contributed by atoms with Gasteiger partial charge in [-0.2, -0.15) is 4.31 Å². The highest BCUT2D eigenvalue weighted by molar-refractivity contribution is 7.89. The second kappa shape index (κ2) is 9.20. The van der Waals surface area contributed by atoms with Crippen molar-refractivity contribution in [2.24, 2.45) is 0 Å². The minimum atomic E-state index is -4.07. The fourth-order valence-electron chi connectivity index (χ4n) is 3.02. The third-order valence-corrected chi connectivity index (χ3v) is 6.98. The SMILES string of the molecule is CCN(CC)S(=O)(=O)c1cc(C(=O)Nc2cc3c(cc2Cl)OCCCO3)ccc1F. The summed E-state index contributed by atoms with van der Waals surface area (Å²) in [5.74, 6) is -0.643. The molecule has 1 amide bonds. The Morgan fingerprint density at radius 1 is 1.13 bits per heavy atom.